The van der Waals surface area contributed by atoms with Crippen LogP contribution in [-0.2, 0) is 0 Å². The van der Waals surface area contributed by atoms with Gasteiger partial charge >= 0.3 is 0 Å². The van der Waals surface area contributed by atoms with E-state index in [1.165, 1.54) is 25.3 Å². The summed E-state index contributed by atoms with van der Waals surface area (Å²) in [5.74, 6) is 6.77. The average molecular weight is 236 g/mol. The Morgan fingerprint density at radius 1 is 1.41 bits per heavy atom. The smallest absolute Gasteiger partial charge is 0.123 e. The van der Waals surface area contributed by atoms with Crippen LogP contribution < -0.4 is 11.3 Å². The molecule has 3 heteroatoms. The molecular weight excluding hydrogens is 215 g/mol. The maximum Gasteiger partial charge on any atom is 0.123 e. The van der Waals surface area contributed by atoms with Crippen molar-refractivity contribution in [3.05, 3.63) is 35.1 Å². The van der Waals surface area contributed by atoms with Gasteiger partial charge in [0.05, 0.1) is 0 Å². The van der Waals surface area contributed by atoms with Crippen LogP contribution >= 0.6 is 0 Å². The lowest BCUT2D eigenvalue weighted by molar-refractivity contribution is 0.362. The number of hydrogen-bond donors (Lipinski definition) is 2. The molecule has 3 atom stereocenters. The van der Waals surface area contributed by atoms with E-state index in [0.717, 1.165) is 17.0 Å². The maximum atomic E-state index is 13.3. The van der Waals surface area contributed by atoms with E-state index in [1.807, 2.05) is 13.0 Å². The SMILES string of the molecule is Cc1ccc(F)cc1C(NN)C1CCC(C)C1. The zero-order valence-electron chi connectivity index (χ0n) is 10.5. The highest BCUT2D eigenvalue weighted by Gasteiger charge is 2.30. The van der Waals surface area contributed by atoms with Gasteiger partial charge in [-0.3, -0.25) is 11.3 Å². The summed E-state index contributed by atoms with van der Waals surface area (Å²) >= 11 is 0. The molecule has 0 bridgehead atoms. The van der Waals surface area contributed by atoms with Crippen molar-refractivity contribution in [2.24, 2.45) is 17.7 Å². The number of nitrogens with two attached hydrogens (primary N) is 1. The molecule has 0 saturated heterocycles. The molecule has 2 rings (SSSR count). The van der Waals surface area contributed by atoms with Crippen molar-refractivity contribution < 1.29 is 4.39 Å². The van der Waals surface area contributed by atoms with Crippen molar-refractivity contribution in [1.82, 2.24) is 5.43 Å². The summed E-state index contributed by atoms with van der Waals surface area (Å²) in [5.41, 5.74) is 4.99. The molecule has 94 valence electrons. The largest absolute Gasteiger partial charge is 0.271 e. The van der Waals surface area contributed by atoms with E-state index in [0.29, 0.717) is 5.92 Å². The Morgan fingerprint density at radius 2 is 2.18 bits per heavy atom. The van der Waals surface area contributed by atoms with Gasteiger partial charge in [-0.2, -0.15) is 0 Å². The third-order valence-corrected chi connectivity index (χ3v) is 3.96. The summed E-state index contributed by atoms with van der Waals surface area (Å²) in [6, 6.07) is 5.02. The summed E-state index contributed by atoms with van der Waals surface area (Å²) in [6.07, 6.45) is 3.59. The third-order valence-electron chi connectivity index (χ3n) is 3.96. The predicted molar refractivity (Wildman–Crippen MR) is 67.7 cm³/mol. The molecule has 3 unspecified atom stereocenters. The molecule has 2 nitrogen and oxygen atoms in total. The van der Waals surface area contributed by atoms with E-state index in [-0.39, 0.29) is 11.9 Å². The summed E-state index contributed by atoms with van der Waals surface area (Å²) in [6.45, 7) is 4.28. The molecule has 1 aromatic carbocycles. The standard InChI is InChI=1S/C14H21FN2/c1-9-3-5-11(7-9)14(17-16)13-8-12(15)6-4-10(13)2/h4,6,8-9,11,14,17H,3,5,7,16H2,1-2H3. The van der Waals surface area contributed by atoms with E-state index in [4.69, 9.17) is 5.84 Å². The number of hydrazine groups is 1. The van der Waals surface area contributed by atoms with Crippen LogP contribution in [0.4, 0.5) is 4.39 Å². The predicted octanol–water partition coefficient (Wildman–Crippen LogP) is 3.07. The third kappa shape index (κ3) is 2.67. The van der Waals surface area contributed by atoms with E-state index >= 15 is 0 Å². The molecule has 1 saturated carbocycles. The molecule has 0 amide bonds. The summed E-state index contributed by atoms with van der Waals surface area (Å²) in [4.78, 5) is 0. The molecule has 1 aliphatic carbocycles. The number of aryl methyl sites for hydroxylation is 1. The minimum absolute atomic E-state index is 0.0793. The van der Waals surface area contributed by atoms with Crippen LogP contribution in [0.1, 0.15) is 43.4 Å². The first-order valence-corrected chi connectivity index (χ1v) is 6.34. The van der Waals surface area contributed by atoms with Crippen molar-refractivity contribution in [3.63, 3.8) is 0 Å². The first-order valence-electron chi connectivity index (χ1n) is 6.34. The van der Waals surface area contributed by atoms with Gasteiger partial charge in [-0.25, -0.2) is 4.39 Å². The fourth-order valence-electron chi connectivity index (χ4n) is 2.98. The van der Waals surface area contributed by atoms with Crippen LogP contribution in [0.3, 0.4) is 0 Å². The molecule has 0 heterocycles. The molecule has 1 aromatic rings. The quantitative estimate of drug-likeness (QED) is 0.625. The number of hydrogen-bond acceptors (Lipinski definition) is 2. The van der Waals surface area contributed by atoms with E-state index in [9.17, 15) is 4.39 Å². The van der Waals surface area contributed by atoms with Gasteiger partial charge in [-0.1, -0.05) is 19.4 Å². The highest BCUT2D eigenvalue weighted by molar-refractivity contribution is 5.30. The minimum atomic E-state index is -0.183. The van der Waals surface area contributed by atoms with Crippen molar-refractivity contribution >= 4 is 0 Å². The van der Waals surface area contributed by atoms with Crippen molar-refractivity contribution in [2.45, 2.75) is 39.2 Å². The molecule has 0 aliphatic heterocycles. The van der Waals surface area contributed by atoms with Crippen LogP contribution in [0.5, 0.6) is 0 Å². The van der Waals surface area contributed by atoms with Gasteiger partial charge in [-0.15, -0.1) is 0 Å². The zero-order valence-corrected chi connectivity index (χ0v) is 10.5. The Hall–Kier alpha value is -0.930. The van der Waals surface area contributed by atoms with E-state index < -0.39 is 0 Å². The van der Waals surface area contributed by atoms with Crippen LogP contribution in [0.15, 0.2) is 18.2 Å². The number of halogens is 1. The monoisotopic (exact) mass is 236 g/mol. The highest BCUT2D eigenvalue weighted by atomic mass is 19.1. The van der Waals surface area contributed by atoms with Crippen molar-refractivity contribution in [2.75, 3.05) is 0 Å². The van der Waals surface area contributed by atoms with Crippen LogP contribution in [0.25, 0.3) is 0 Å². The molecule has 0 aromatic heterocycles. The lowest BCUT2D eigenvalue weighted by Gasteiger charge is -2.25. The van der Waals surface area contributed by atoms with Crippen LogP contribution in [0.2, 0.25) is 0 Å². The highest BCUT2D eigenvalue weighted by Crippen LogP contribution is 2.39. The van der Waals surface area contributed by atoms with Gasteiger partial charge in [0.1, 0.15) is 5.82 Å². The van der Waals surface area contributed by atoms with Gasteiger partial charge in [0.2, 0.25) is 0 Å². The second kappa shape index (κ2) is 5.15. The topological polar surface area (TPSA) is 38.0 Å². The molecule has 1 aliphatic rings. The number of rotatable bonds is 3. The first-order chi connectivity index (χ1) is 8.11. The van der Waals surface area contributed by atoms with Gasteiger partial charge in [0.15, 0.2) is 0 Å². The lowest BCUT2D eigenvalue weighted by atomic mass is 9.89. The minimum Gasteiger partial charge on any atom is -0.271 e. The second-order valence-corrected chi connectivity index (χ2v) is 5.32. The van der Waals surface area contributed by atoms with Gasteiger partial charge in [0, 0.05) is 6.04 Å². The normalized spacial score (nSPS) is 26.1. The fraction of sp³-hybridized carbons (Fsp3) is 0.571. The van der Waals surface area contributed by atoms with Gasteiger partial charge < -0.3 is 0 Å². The maximum absolute atomic E-state index is 13.3. The Labute approximate surface area is 102 Å². The van der Waals surface area contributed by atoms with E-state index in [1.54, 1.807) is 6.07 Å². The van der Waals surface area contributed by atoms with Gasteiger partial charge in [0.25, 0.3) is 0 Å². The fourth-order valence-corrected chi connectivity index (χ4v) is 2.98. The van der Waals surface area contributed by atoms with Crippen LogP contribution in [-0.4, -0.2) is 0 Å². The Morgan fingerprint density at radius 3 is 2.76 bits per heavy atom. The molecule has 3 N–H and O–H groups in total. The average Bonchev–Trinajstić information content (AvgIpc) is 2.71. The summed E-state index contributed by atoms with van der Waals surface area (Å²) < 4.78 is 13.3. The Bertz CT molecular complexity index is 392. The summed E-state index contributed by atoms with van der Waals surface area (Å²) in [5, 5.41) is 0. The summed E-state index contributed by atoms with van der Waals surface area (Å²) in [7, 11) is 0. The van der Waals surface area contributed by atoms with Crippen LogP contribution in [0, 0.1) is 24.6 Å². The molecule has 0 radical (unpaired) electrons. The second-order valence-electron chi connectivity index (χ2n) is 5.32. The zero-order chi connectivity index (χ0) is 12.4. The Kier molecular flexibility index (Phi) is 3.79. The molecule has 17 heavy (non-hydrogen) atoms. The molecule has 0 spiro atoms. The molecule has 1 fully saturated rings. The van der Waals surface area contributed by atoms with Crippen molar-refractivity contribution in [3.8, 4) is 0 Å². The first kappa shape index (κ1) is 12.5. The van der Waals surface area contributed by atoms with E-state index in [2.05, 4.69) is 12.3 Å². The van der Waals surface area contributed by atoms with Crippen molar-refractivity contribution in [1.29, 1.82) is 0 Å². The van der Waals surface area contributed by atoms with Gasteiger partial charge in [-0.05, 0) is 54.9 Å². The number of nitrogens with one attached hydrogen (secondary N) is 1. The Balaban J connectivity index is 2.25. The number of benzene rings is 1. The lowest BCUT2D eigenvalue weighted by Crippen LogP contribution is -2.33. The molecular formula is C14H21FN2.